The number of aromatic nitrogens is 3. The number of rotatable bonds is 4. The van der Waals surface area contributed by atoms with Crippen LogP contribution in [-0.4, -0.2) is 26.0 Å². The van der Waals surface area contributed by atoms with Crippen LogP contribution in [0.1, 0.15) is 68.1 Å². The summed E-state index contributed by atoms with van der Waals surface area (Å²) in [4.78, 5) is 13.8. The van der Waals surface area contributed by atoms with Gasteiger partial charge in [0.2, 0.25) is 11.9 Å². The van der Waals surface area contributed by atoms with E-state index in [0.717, 1.165) is 17.2 Å². The van der Waals surface area contributed by atoms with Gasteiger partial charge in [0.1, 0.15) is 5.82 Å². The van der Waals surface area contributed by atoms with E-state index in [2.05, 4.69) is 105 Å². The molecule has 0 saturated carbocycles. The number of hydrogen-bond acceptors (Lipinski definition) is 6. The minimum Gasteiger partial charge on any atom is -0.380 e. The van der Waals surface area contributed by atoms with Crippen molar-refractivity contribution < 1.29 is 0 Å². The smallest absolute Gasteiger partial charge is 0.232 e. The summed E-state index contributed by atoms with van der Waals surface area (Å²) in [5.74, 6) is 1.86. The van der Waals surface area contributed by atoms with Crippen LogP contribution in [0.2, 0.25) is 0 Å². The van der Waals surface area contributed by atoms with E-state index < -0.39 is 0 Å². The highest BCUT2D eigenvalue weighted by molar-refractivity contribution is 5.62. The highest BCUT2D eigenvalue weighted by atomic mass is 15.2. The Morgan fingerprint density at radius 1 is 0.667 bits per heavy atom. The zero-order valence-electron chi connectivity index (χ0n) is 18.2. The third kappa shape index (κ3) is 7.04. The van der Waals surface area contributed by atoms with Crippen LogP contribution >= 0.6 is 0 Å². The Balaban J connectivity index is 2.35. The number of nitrogens with zero attached hydrogens (tertiary/aromatic N) is 3. The lowest BCUT2D eigenvalue weighted by molar-refractivity contribution is 0.540. The minimum absolute atomic E-state index is 0.00497. The van der Waals surface area contributed by atoms with Crippen molar-refractivity contribution in [3.63, 3.8) is 0 Å². The summed E-state index contributed by atoms with van der Waals surface area (Å²) in [6.07, 6.45) is 0. The molecule has 1 aromatic carbocycles. The van der Waals surface area contributed by atoms with E-state index in [4.69, 9.17) is 0 Å². The Morgan fingerprint density at radius 2 is 1.22 bits per heavy atom. The summed E-state index contributed by atoms with van der Waals surface area (Å²) < 4.78 is 0. The summed E-state index contributed by atoms with van der Waals surface area (Å²) in [6, 6.07) is 8.13. The zero-order chi connectivity index (χ0) is 20.5. The molecule has 6 nitrogen and oxygen atoms in total. The van der Waals surface area contributed by atoms with Gasteiger partial charge < -0.3 is 16.0 Å². The van der Waals surface area contributed by atoms with E-state index in [1.54, 1.807) is 0 Å². The summed E-state index contributed by atoms with van der Waals surface area (Å²) in [7, 11) is 0. The van der Waals surface area contributed by atoms with Gasteiger partial charge in [0, 0.05) is 27.9 Å². The first-order valence-electron chi connectivity index (χ1n) is 9.41. The predicted octanol–water partition coefficient (Wildman–Crippen LogP) is 5.33. The van der Waals surface area contributed by atoms with E-state index in [0.29, 0.717) is 11.9 Å². The van der Waals surface area contributed by atoms with Crippen molar-refractivity contribution in [3.8, 4) is 0 Å². The van der Waals surface area contributed by atoms with Crippen LogP contribution < -0.4 is 16.0 Å². The molecule has 0 atom stereocenters. The molecule has 0 aliphatic heterocycles. The van der Waals surface area contributed by atoms with Gasteiger partial charge in [0.15, 0.2) is 0 Å². The van der Waals surface area contributed by atoms with Crippen molar-refractivity contribution in [1.82, 2.24) is 15.0 Å². The first-order valence-corrected chi connectivity index (χ1v) is 9.41. The molecular formula is C21H34N6. The topological polar surface area (TPSA) is 74.8 Å². The quantitative estimate of drug-likeness (QED) is 0.675. The van der Waals surface area contributed by atoms with Gasteiger partial charge in [0.25, 0.3) is 0 Å². The largest absolute Gasteiger partial charge is 0.380 e. The number of nitrogens with one attached hydrogen (secondary N) is 3. The van der Waals surface area contributed by atoms with E-state index in [1.807, 2.05) is 12.1 Å². The highest BCUT2D eigenvalue weighted by Crippen LogP contribution is 2.25. The maximum atomic E-state index is 4.64. The number of hydrogen-bond donors (Lipinski definition) is 3. The third-order valence-electron chi connectivity index (χ3n) is 3.43. The monoisotopic (exact) mass is 370 g/mol. The normalized spacial score (nSPS) is 12.6. The molecule has 27 heavy (non-hydrogen) atoms. The van der Waals surface area contributed by atoms with Crippen LogP contribution in [0.5, 0.6) is 0 Å². The van der Waals surface area contributed by atoms with Gasteiger partial charge in [-0.1, -0.05) is 26.8 Å². The minimum atomic E-state index is -0.177. The molecule has 1 aromatic heterocycles. The maximum absolute atomic E-state index is 4.64. The lowest BCUT2D eigenvalue weighted by atomic mass is 9.96. The van der Waals surface area contributed by atoms with Gasteiger partial charge in [0.05, 0.1) is 0 Å². The van der Waals surface area contributed by atoms with Crippen molar-refractivity contribution in [2.45, 2.75) is 78.8 Å². The molecule has 0 spiro atoms. The first-order chi connectivity index (χ1) is 12.2. The molecule has 0 unspecified atom stereocenters. The fourth-order valence-corrected chi connectivity index (χ4v) is 2.40. The van der Waals surface area contributed by atoms with Crippen molar-refractivity contribution in [3.05, 3.63) is 30.1 Å². The SMILES string of the molecule is CC(C)(C)Nc1cccc(Nc2nc(NC(C)(C)C)nc(C(C)(C)C)n2)c1. The van der Waals surface area contributed by atoms with Crippen LogP contribution in [0.15, 0.2) is 24.3 Å². The average Bonchev–Trinajstić information content (AvgIpc) is 2.42. The molecule has 148 valence electrons. The number of benzene rings is 1. The lowest BCUT2D eigenvalue weighted by Crippen LogP contribution is -2.29. The Hall–Kier alpha value is -2.37. The molecule has 0 aliphatic carbocycles. The second kappa shape index (κ2) is 7.33. The van der Waals surface area contributed by atoms with Crippen molar-refractivity contribution in [2.75, 3.05) is 16.0 Å². The van der Waals surface area contributed by atoms with Gasteiger partial charge in [-0.3, -0.25) is 0 Å². The van der Waals surface area contributed by atoms with Crippen molar-refractivity contribution >= 4 is 23.3 Å². The molecule has 0 aliphatic rings. The highest BCUT2D eigenvalue weighted by Gasteiger charge is 2.21. The standard InChI is InChI=1S/C21H34N6/c1-19(2,3)16-23-17(25-18(24-16)27-21(7,8)9)22-14-11-10-12-15(13-14)26-20(4,5)6/h10-13,26H,1-9H3,(H2,22,23,24,25,27). The van der Waals surface area contributed by atoms with Crippen LogP contribution in [0, 0.1) is 0 Å². The summed E-state index contributed by atoms with van der Waals surface area (Å²) in [5.41, 5.74) is 1.66. The van der Waals surface area contributed by atoms with Gasteiger partial charge in [-0.25, -0.2) is 0 Å². The molecule has 1 heterocycles. The Bertz CT molecular complexity index is 778. The summed E-state index contributed by atoms with van der Waals surface area (Å²) in [6.45, 7) is 19.0. The Labute approximate surface area is 163 Å². The fourth-order valence-electron chi connectivity index (χ4n) is 2.40. The predicted molar refractivity (Wildman–Crippen MR) is 115 cm³/mol. The molecule has 6 heteroatoms. The van der Waals surface area contributed by atoms with Crippen LogP contribution in [0.25, 0.3) is 0 Å². The van der Waals surface area contributed by atoms with E-state index in [9.17, 15) is 0 Å². The Kier molecular flexibility index (Phi) is 5.68. The van der Waals surface area contributed by atoms with Crippen LogP contribution in [0.3, 0.4) is 0 Å². The molecule has 2 rings (SSSR count). The molecule has 2 aromatic rings. The molecular weight excluding hydrogens is 336 g/mol. The van der Waals surface area contributed by atoms with Gasteiger partial charge >= 0.3 is 0 Å². The molecule has 0 fully saturated rings. The third-order valence-corrected chi connectivity index (χ3v) is 3.43. The van der Waals surface area contributed by atoms with E-state index in [1.165, 1.54) is 0 Å². The van der Waals surface area contributed by atoms with E-state index in [-0.39, 0.29) is 16.5 Å². The molecule has 0 radical (unpaired) electrons. The second-order valence-electron chi connectivity index (χ2n) is 10.0. The second-order valence-corrected chi connectivity index (χ2v) is 10.0. The molecule has 0 bridgehead atoms. The van der Waals surface area contributed by atoms with Crippen molar-refractivity contribution in [1.29, 1.82) is 0 Å². The Morgan fingerprint density at radius 3 is 1.78 bits per heavy atom. The van der Waals surface area contributed by atoms with Crippen molar-refractivity contribution in [2.24, 2.45) is 0 Å². The van der Waals surface area contributed by atoms with Gasteiger partial charge in [-0.15, -0.1) is 0 Å². The van der Waals surface area contributed by atoms with E-state index >= 15 is 0 Å². The maximum Gasteiger partial charge on any atom is 0.232 e. The zero-order valence-corrected chi connectivity index (χ0v) is 18.2. The summed E-state index contributed by atoms with van der Waals surface area (Å²) >= 11 is 0. The molecule has 0 amide bonds. The van der Waals surface area contributed by atoms with Crippen LogP contribution in [-0.2, 0) is 5.41 Å². The fraction of sp³-hybridized carbons (Fsp3) is 0.571. The average molecular weight is 371 g/mol. The molecule has 0 saturated heterocycles. The molecule has 3 N–H and O–H groups in total. The summed E-state index contributed by atoms with van der Waals surface area (Å²) in [5, 5.41) is 10.2. The van der Waals surface area contributed by atoms with Gasteiger partial charge in [-0.05, 0) is 59.7 Å². The van der Waals surface area contributed by atoms with Gasteiger partial charge in [-0.2, -0.15) is 15.0 Å². The lowest BCUT2D eigenvalue weighted by Gasteiger charge is -2.24. The first kappa shape index (κ1) is 20.9. The van der Waals surface area contributed by atoms with Crippen LogP contribution in [0.4, 0.5) is 23.3 Å². The number of anilines is 4.